The van der Waals surface area contributed by atoms with Crippen LogP contribution in [0.4, 0.5) is 0 Å². The fraction of sp³-hybridized carbons (Fsp3) is 0.231. The molecular weight excluding hydrogens is 384 g/mol. The minimum Gasteiger partial charge on any atom is -0.457 e. The molecule has 4 aromatic rings. The maximum atomic E-state index is 5.93. The van der Waals surface area contributed by atoms with Crippen molar-refractivity contribution in [3.05, 3.63) is 96.4 Å². The van der Waals surface area contributed by atoms with Crippen molar-refractivity contribution in [1.82, 2.24) is 19.7 Å². The maximum absolute atomic E-state index is 5.93. The fourth-order valence-corrected chi connectivity index (χ4v) is 4.34. The van der Waals surface area contributed by atoms with Crippen LogP contribution in [0.25, 0.3) is 11.3 Å². The lowest BCUT2D eigenvalue weighted by molar-refractivity contribution is 0.244. The summed E-state index contributed by atoms with van der Waals surface area (Å²) < 4.78 is 7.84. The molecule has 1 fully saturated rings. The van der Waals surface area contributed by atoms with Crippen LogP contribution in [-0.2, 0) is 13.6 Å². The Morgan fingerprint density at radius 2 is 1.71 bits per heavy atom. The van der Waals surface area contributed by atoms with Gasteiger partial charge >= 0.3 is 0 Å². The number of benzene rings is 2. The lowest BCUT2D eigenvalue weighted by Crippen LogP contribution is -2.23. The van der Waals surface area contributed by atoms with Gasteiger partial charge in [0.1, 0.15) is 11.5 Å². The van der Waals surface area contributed by atoms with E-state index in [4.69, 9.17) is 9.84 Å². The summed E-state index contributed by atoms with van der Waals surface area (Å²) in [4.78, 5) is 7.13. The van der Waals surface area contributed by atoms with Crippen molar-refractivity contribution in [2.45, 2.75) is 25.4 Å². The zero-order valence-corrected chi connectivity index (χ0v) is 17.7. The second-order valence-electron chi connectivity index (χ2n) is 8.00. The molecule has 0 radical (unpaired) electrons. The average Bonchev–Trinajstić information content (AvgIpc) is 3.42. The average molecular weight is 411 g/mol. The summed E-state index contributed by atoms with van der Waals surface area (Å²) in [6.45, 7) is 1.95. The van der Waals surface area contributed by atoms with E-state index in [1.165, 1.54) is 12.0 Å². The molecule has 0 saturated carbocycles. The fourth-order valence-electron chi connectivity index (χ4n) is 4.34. The van der Waals surface area contributed by atoms with E-state index in [0.717, 1.165) is 48.0 Å². The van der Waals surface area contributed by atoms with Crippen molar-refractivity contribution in [3.8, 4) is 22.8 Å². The molecule has 5 nitrogen and oxygen atoms in total. The highest BCUT2D eigenvalue weighted by Gasteiger charge is 2.28. The number of hydrogen-bond acceptors (Lipinski definition) is 4. The second kappa shape index (κ2) is 8.74. The maximum Gasteiger partial charge on any atom is 0.127 e. The van der Waals surface area contributed by atoms with E-state index in [1.807, 2.05) is 66.5 Å². The van der Waals surface area contributed by atoms with Crippen LogP contribution in [-0.4, -0.2) is 26.2 Å². The van der Waals surface area contributed by atoms with Gasteiger partial charge in [-0.3, -0.25) is 14.6 Å². The molecule has 1 aliphatic rings. The van der Waals surface area contributed by atoms with Gasteiger partial charge in [0.15, 0.2) is 0 Å². The van der Waals surface area contributed by atoms with Crippen LogP contribution in [0.2, 0.25) is 0 Å². The molecule has 1 unspecified atom stereocenters. The third kappa shape index (κ3) is 4.37. The van der Waals surface area contributed by atoms with Gasteiger partial charge in [-0.25, -0.2) is 0 Å². The molecule has 0 N–H and O–H groups in total. The van der Waals surface area contributed by atoms with Gasteiger partial charge in [-0.15, -0.1) is 0 Å². The smallest absolute Gasteiger partial charge is 0.127 e. The number of ether oxygens (including phenoxy) is 1. The number of aromatic nitrogens is 3. The van der Waals surface area contributed by atoms with Gasteiger partial charge in [0, 0.05) is 37.1 Å². The van der Waals surface area contributed by atoms with Gasteiger partial charge in [-0.05, 0) is 67.9 Å². The topological polar surface area (TPSA) is 43.2 Å². The first-order valence-electron chi connectivity index (χ1n) is 10.8. The highest BCUT2D eigenvalue weighted by Crippen LogP contribution is 2.34. The summed E-state index contributed by atoms with van der Waals surface area (Å²) >= 11 is 0. The first-order valence-corrected chi connectivity index (χ1v) is 10.8. The quantitative estimate of drug-likeness (QED) is 0.414. The SMILES string of the molecule is Cn1cc(CN2CCCC2c2ccccn2)c(-c2ccc(Oc3ccccc3)cc2)n1. The number of rotatable bonds is 6. The van der Waals surface area contributed by atoms with Crippen molar-refractivity contribution in [2.24, 2.45) is 7.05 Å². The van der Waals surface area contributed by atoms with Crippen LogP contribution in [0.5, 0.6) is 11.5 Å². The Kier molecular flexibility index (Phi) is 5.50. The van der Waals surface area contributed by atoms with Crippen LogP contribution in [0.3, 0.4) is 0 Å². The van der Waals surface area contributed by atoms with Gasteiger partial charge < -0.3 is 4.74 Å². The van der Waals surface area contributed by atoms with Gasteiger partial charge in [-0.1, -0.05) is 24.3 Å². The van der Waals surface area contributed by atoms with Gasteiger partial charge in [-0.2, -0.15) is 5.10 Å². The summed E-state index contributed by atoms with van der Waals surface area (Å²) in [5.74, 6) is 1.66. The largest absolute Gasteiger partial charge is 0.457 e. The van der Waals surface area contributed by atoms with Crippen molar-refractivity contribution in [2.75, 3.05) is 6.54 Å². The minimum absolute atomic E-state index is 0.371. The van der Waals surface area contributed by atoms with Crippen molar-refractivity contribution < 1.29 is 4.74 Å². The van der Waals surface area contributed by atoms with Crippen molar-refractivity contribution in [3.63, 3.8) is 0 Å². The highest BCUT2D eigenvalue weighted by molar-refractivity contribution is 5.63. The van der Waals surface area contributed by atoms with E-state index in [1.54, 1.807) is 0 Å². The third-order valence-electron chi connectivity index (χ3n) is 5.78. The molecule has 2 aromatic carbocycles. The summed E-state index contributed by atoms with van der Waals surface area (Å²) in [7, 11) is 1.99. The monoisotopic (exact) mass is 410 g/mol. The minimum atomic E-state index is 0.371. The Balaban J connectivity index is 1.36. The molecular formula is C26H26N4O. The molecule has 0 bridgehead atoms. The number of nitrogens with zero attached hydrogens (tertiary/aromatic N) is 4. The van der Waals surface area contributed by atoms with Gasteiger partial charge in [0.05, 0.1) is 17.4 Å². The predicted octanol–water partition coefficient (Wildman–Crippen LogP) is 5.61. The number of likely N-dealkylation sites (tertiary alicyclic amines) is 1. The van der Waals surface area contributed by atoms with Crippen LogP contribution in [0.15, 0.2) is 85.2 Å². The number of pyridine rings is 1. The molecule has 156 valence electrons. The van der Waals surface area contributed by atoms with E-state index in [9.17, 15) is 0 Å². The first kappa shape index (κ1) is 19.5. The standard InChI is InChI=1S/C26H26N4O/c1-29-18-21(19-30-17-7-11-25(30)24-10-5-6-16-27-24)26(28-29)20-12-14-23(15-13-20)31-22-8-3-2-4-9-22/h2-6,8-10,12-16,18,25H,7,11,17,19H2,1H3. The molecule has 0 aliphatic carbocycles. The van der Waals surface area contributed by atoms with Crippen LogP contribution < -0.4 is 4.74 Å². The Morgan fingerprint density at radius 1 is 0.935 bits per heavy atom. The van der Waals surface area contributed by atoms with E-state index >= 15 is 0 Å². The molecule has 2 aromatic heterocycles. The molecule has 1 saturated heterocycles. The normalized spacial score (nSPS) is 16.5. The number of aryl methyl sites for hydroxylation is 1. The molecule has 5 rings (SSSR count). The molecule has 31 heavy (non-hydrogen) atoms. The van der Waals surface area contributed by atoms with E-state index in [2.05, 4.69) is 40.3 Å². The van der Waals surface area contributed by atoms with Gasteiger partial charge in [0.25, 0.3) is 0 Å². The first-order chi connectivity index (χ1) is 15.3. The summed E-state index contributed by atoms with van der Waals surface area (Å²) in [5.41, 5.74) is 4.53. The summed E-state index contributed by atoms with van der Waals surface area (Å²) in [5, 5.41) is 4.77. The van der Waals surface area contributed by atoms with Gasteiger partial charge in [0.2, 0.25) is 0 Å². The van der Waals surface area contributed by atoms with Crippen molar-refractivity contribution >= 4 is 0 Å². The predicted molar refractivity (Wildman–Crippen MR) is 122 cm³/mol. The number of para-hydroxylation sites is 1. The zero-order chi connectivity index (χ0) is 21.0. The van der Waals surface area contributed by atoms with Crippen LogP contribution in [0.1, 0.15) is 30.1 Å². The van der Waals surface area contributed by atoms with E-state index in [-0.39, 0.29) is 0 Å². The summed E-state index contributed by atoms with van der Waals surface area (Å²) in [6, 6.07) is 24.6. The lowest BCUT2D eigenvalue weighted by Gasteiger charge is -2.23. The molecule has 1 aliphatic heterocycles. The van der Waals surface area contributed by atoms with Crippen LogP contribution >= 0.6 is 0 Å². The highest BCUT2D eigenvalue weighted by atomic mass is 16.5. The lowest BCUT2D eigenvalue weighted by atomic mass is 10.1. The Labute approximate surface area is 182 Å². The summed E-state index contributed by atoms with van der Waals surface area (Å²) in [6.07, 6.45) is 6.37. The Bertz CT molecular complexity index is 1120. The van der Waals surface area contributed by atoms with Crippen molar-refractivity contribution in [1.29, 1.82) is 0 Å². The zero-order valence-electron chi connectivity index (χ0n) is 17.7. The van der Waals surface area contributed by atoms with E-state index < -0.39 is 0 Å². The molecule has 0 amide bonds. The number of hydrogen-bond donors (Lipinski definition) is 0. The molecule has 1 atom stereocenters. The third-order valence-corrected chi connectivity index (χ3v) is 5.78. The molecule has 3 heterocycles. The second-order valence-corrected chi connectivity index (χ2v) is 8.00. The van der Waals surface area contributed by atoms with E-state index in [0.29, 0.717) is 6.04 Å². The molecule has 5 heteroatoms. The Hall–Kier alpha value is -3.44. The Morgan fingerprint density at radius 3 is 2.48 bits per heavy atom. The molecule has 0 spiro atoms. The van der Waals surface area contributed by atoms with Crippen LogP contribution in [0, 0.1) is 0 Å².